The maximum atomic E-state index is 12.7. The van der Waals surface area contributed by atoms with Gasteiger partial charge in [-0.05, 0) is 86.5 Å². The number of carbonyl (C=O) groups is 2. The normalized spacial score (nSPS) is 10.7. The summed E-state index contributed by atoms with van der Waals surface area (Å²) in [4.78, 5) is 29.8. The summed E-state index contributed by atoms with van der Waals surface area (Å²) in [5, 5.41) is 3.49. The number of pyridine rings is 1. The molecule has 0 radical (unpaired) electrons. The third-order valence-electron chi connectivity index (χ3n) is 5.53. The average molecular weight is 485 g/mol. The van der Waals surface area contributed by atoms with E-state index in [-0.39, 0.29) is 19.1 Å². The van der Waals surface area contributed by atoms with Crippen LogP contribution in [0.1, 0.15) is 28.4 Å². The number of ether oxygens (including phenoxy) is 3. The second-order valence-corrected chi connectivity index (χ2v) is 8.40. The van der Waals surface area contributed by atoms with Crippen molar-refractivity contribution in [2.24, 2.45) is 0 Å². The van der Waals surface area contributed by atoms with Crippen LogP contribution in [0.2, 0.25) is 0 Å². The number of carbonyl (C=O) groups excluding carboxylic acids is 2. The summed E-state index contributed by atoms with van der Waals surface area (Å²) >= 11 is 0. The van der Waals surface area contributed by atoms with Crippen LogP contribution >= 0.6 is 0 Å². The molecule has 3 aromatic carbocycles. The minimum atomic E-state index is -0.433. The number of hydrogen-bond donors (Lipinski definition) is 1. The Hall–Kier alpha value is -4.39. The number of esters is 1. The van der Waals surface area contributed by atoms with E-state index in [1.54, 1.807) is 38.3 Å². The SMILES string of the molecule is CCOC(=O)c1ccc2nc(-c3ccc(OC)cc3)cc(OCC(=O)Nc3cc(C)cc(C)c3)c2c1. The number of aromatic nitrogens is 1. The van der Waals surface area contributed by atoms with Crippen LogP contribution in [-0.2, 0) is 9.53 Å². The summed E-state index contributed by atoms with van der Waals surface area (Å²) in [6.45, 7) is 5.77. The van der Waals surface area contributed by atoms with Gasteiger partial charge in [0.2, 0.25) is 0 Å². The first-order valence-electron chi connectivity index (χ1n) is 11.6. The van der Waals surface area contributed by atoms with E-state index >= 15 is 0 Å². The lowest BCUT2D eigenvalue weighted by atomic mass is 10.1. The van der Waals surface area contributed by atoms with Crippen LogP contribution < -0.4 is 14.8 Å². The second kappa shape index (κ2) is 10.9. The van der Waals surface area contributed by atoms with E-state index in [1.165, 1.54) is 0 Å². The molecule has 0 saturated heterocycles. The number of benzene rings is 3. The molecule has 0 spiro atoms. The van der Waals surface area contributed by atoms with E-state index in [0.29, 0.717) is 33.6 Å². The highest BCUT2D eigenvalue weighted by molar-refractivity contribution is 5.97. The highest BCUT2D eigenvalue weighted by Gasteiger charge is 2.15. The molecule has 1 N–H and O–H groups in total. The molecule has 0 saturated carbocycles. The quantitative estimate of drug-likeness (QED) is 0.322. The van der Waals surface area contributed by atoms with Crippen molar-refractivity contribution in [1.29, 1.82) is 0 Å². The van der Waals surface area contributed by atoms with Crippen molar-refractivity contribution in [2.75, 3.05) is 25.6 Å². The van der Waals surface area contributed by atoms with Gasteiger partial charge in [-0.1, -0.05) is 6.07 Å². The predicted molar refractivity (Wildman–Crippen MR) is 140 cm³/mol. The Labute approximate surface area is 210 Å². The number of rotatable bonds is 8. The molecule has 0 fully saturated rings. The third-order valence-corrected chi connectivity index (χ3v) is 5.53. The number of anilines is 1. The van der Waals surface area contributed by atoms with Crippen molar-refractivity contribution in [3.8, 4) is 22.8 Å². The molecule has 1 heterocycles. The Bertz CT molecular complexity index is 1390. The second-order valence-electron chi connectivity index (χ2n) is 8.40. The molecule has 7 nitrogen and oxygen atoms in total. The molecule has 1 aromatic heterocycles. The smallest absolute Gasteiger partial charge is 0.338 e. The highest BCUT2D eigenvalue weighted by Crippen LogP contribution is 2.32. The van der Waals surface area contributed by atoms with Crippen LogP contribution in [0.5, 0.6) is 11.5 Å². The number of nitrogens with one attached hydrogen (secondary N) is 1. The molecule has 0 aliphatic carbocycles. The minimum Gasteiger partial charge on any atom is -0.497 e. The Kier molecular flexibility index (Phi) is 7.49. The van der Waals surface area contributed by atoms with Gasteiger partial charge >= 0.3 is 5.97 Å². The van der Waals surface area contributed by atoms with Crippen LogP contribution in [0.3, 0.4) is 0 Å². The number of hydrogen-bond acceptors (Lipinski definition) is 6. The molecule has 1 amide bonds. The van der Waals surface area contributed by atoms with E-state index in [9.17, 15) is 9.59 Å². The fourth-order valence-corrected chi connectivity index (χ4v) is 3.95. The number of nitrogens with zero attached hydrogens (tertiary/aromatic N) is 1. The van der Waals surface area contributed by atoms with Gasteiger partial charge in [0.1, 0.15) is 11.5 Å². The molecule has 0 aliphatic heterocycles. The van der Waals surface area contributed by atoms with Gasteiger partial charge in [-0.3, -0.25) is 4.79 Å². The van der Waals surface area contributed by atoms with Crippen LogP contribution in [0, 0.1) is 13.8 Å². The van der Waals surface area contributed by atoms with Gasteiger partial charge in [-0.15, -0.1) is 0 Å². The molecule has 184 valence electrons. The number of fused-ring (bicyclic) bond motifs is 1. The van der Waals surface area contributed by atoms with Crippen molar-refractivity contribution >= 4 is 28.5 Å². The number of amides is 1. The van der Waals surface area contributed by atoms with E-state index in [4.69, 9.17) is 19.2 Å². The van der Waals surface area contributed by atoms with Crippen LogP contribution in [0.15, 0.2) is 66.7 Å². The lowest BCUT2D eigenvalue weighted by Crippen LogP contribution is -2.20. The predicted octanol–water partition coefficient (Wildman–Crippen LogP) is 5.72. The topological polar surface area (TPSA) is 86.8 Å². The Morgan fingerprint density at radius 1 is 0.917 bits per heavy atom. The molecule has 0 aliphatic rings. The van der Waals surface area contributed by atoms with Gasteiger partial charge in [-0.25, -0.2) is 9.78 Å². The molecule has 7 heteroatoms. The summed E-state index contributed by atoms with van der Waals surface area (Å²) in [6, 6.07) is 20.2. The highest BCUT2D eigenvalue weighted by atomic mass is 16.5. The largest absolute Gasteiger partial charge is 0.497 e. The van der Waals surface area contributed by atoms with E-state index in [0.717, 1.165) is 22.4 Å². The molecule has 0 bridgehead atoms. The lowest BCUT2D eigenvalue weighted by Gasteiger charge is -2.13. The maximum Gasteiger partial charge on any atom is 0.338 e. The zero-order valence-corrected chi connectivity index (χ0v) is 20.8. The van der Waals surface area contributed by atoms with Gasteiger partial charge in [0, 0.05) is 22.7 Å². The van der Waals surface area contributed by atoms with Gasteiger partial charge in [-0.2, -0.15) is 0 Å². The number of methoxy groups -OCH3 is 1. The molecule has 0 unspecified atom stereocenters. The van der Waals surface area contributed by atoms with Crippen molar-refractivity contribution < 1.29 is 23.8 Å². The van der Waals surface area contributed by atoms with Gasteiger partial charge in [0.05, 0.1) is 30.5 Å². The van der Waals surface area contributed by atoms with Crippen molar-refractivity contribution in [2.45, 2.75) is 20.8 Å². The Morgan fingerprint density at radius 2 is 1.64 bits per heavy atom. The van der Waals surface area contributed by atoms with E-state index in [2.05, 4.69) is 5.32 Å². The zero-order valence-electron chi connectivity index (χ0n) is 20.8. The summed E-state index contributed by atoms with van der Waals surface area (Å²) in [7, 11) is 1.61. The van der Waals surface area contributed by atoms with Gasteiger partial charge < -0.3 is 19.5 Å². The first kappa shape index (κ1) is 24.7. The fraction of sp³-hybridized carbons (Fsp3) is 0.207. The Morgan fingerprint density at radius 3 is 2.31 bits per heavy atom. The standard InChI is InChI=1S/C29H28N2O5/c1-5-35-29(33)21-8-11-25-24(15-21)27(16-26(31-25)20-6-9-23(34-4)10-7-20)36-17-28(32)30-22-13-18(2)12-19(3)14-22/h6-16H,5,17H2,1-4H3,(H,30,32). The first-order valence-corrected chi connectivity index (χ1v) is 11.6. The fourth-order valence-electron chi connectivity index (χ4n) is 3.95. The van der Waals surface area contributed by atoms with Gasteiger partial charge in [0.25, 0.3) is 5.91 Å². The van der Waals surface area contributed by atoms with E-state index in [1.807, 2.05) is 56.3 Å². The van der Waals surface area contributed by atoms with Crippen LogP contribution in [-0.4, -0.2) is 37.2 Å². The number of aryl methyl sites for hydroxylation is 2. The molecule has 4 aromatic rings. The Balaban J connectivity index is 1.66. The summed E-state index contributed by atoms with van der Waals surface area (Å²) in [5.41, 5.74) is 5.36. The first-order chi connectivity index (χ1) is 17.4. The average Bonchev–Trinajstić information content (AvgIpc) is 2.86. The molecular weight excluding hydrogens is 456 g/mol. The lowest BCUT2D eigenvalue weighted by molar-refractivity contribution is -0.118. The molecule has 36 heavy (non-hydrogen) atoms. The summed E-state index contributed by atoms with van der Waals surface area (Å²) in [6.07, 6.45) is 0. The summed E-state index contributed by atoms with van der Waals surface area (Å²) < 4.78 is 16.4. The van der Waals surface area contributed by atoms with E-state index < -0.39 is 5.97 Å². The van der Waals surface area contributed by atoms with Crippen LogP contribution in [0.4, 0.5) is 5.69 Å². The minimum absolute atomic E-state index is 0.211. The third kappa shape index (κ3) is 5.81. The maximum absolute atomic E-state index is 12.7. The monoisotopic (exact) mass is 484 g/mol. The molecular formula is C29H28N2O5. The van der Waals surface area contributed by atoms with Crippen molar-refractivity contribution in [1.82, 2.24) is 4.98 Å². The molecule has 4 rings (SSSR count). The van der Waals surface area contributed by atoms with Crippen molar-refractivity contribution in [3.63, 3.8) is 0 Å². The molecule has 0 atom stereocenters. The zero-order chi connectivity index (χ0) is 25.7. The van der Waals surface area contributed by atoms with Gasteiger partial charge in [0.15, 0.2) is 6.61 Å². The van der Waals surface area contributed by atoms with Crippen LogP contribution in [0.25, 0.3) is 22.2 Å². The summed E-state index contributed by atoms with van der Waals surface area (Å²) in [5.74, 6) is 0.445. The van der Waals surface area contributed by atoms with Crippen molar-refractivity contribution in [3.05, 3.63) is 83.4 Å².